The first-order valence-electron chi connectivity index (χ1n) is 14.6. The molecule has 0 spiro atoms. The van der Waals surface area contributed by atoms with Crippen LogP contribution in [0.15, 0.2) is 0 Å². The van der Waals surface area contributed by atoms with Gasteiger partial charge in [0.2, 0.25) is 0 Å². The van der Waals surface area contributed by atoms with E-state index in [1.54, 1.807) is 0 Å². The number of carboxylic acids is 1. The van der Waals surface area contributed by atoms with Gasteiger partial charge in [-0.3, -0.25) is 18.9 Å². The molecule has 0 fully saturated rings. The predicted molar refractivity (Wildman–Crippen MR) is 164 cm³/mol. The molecule has 12 heteroatoms. The number of esters is 2. The van der Waals surface area contributed by atoms with Gasteiger partial charge in [-0.25, -0.2) is 0 Å². The van der Waals surface area contributed by atoms with Crippen molar-refractivity contribution in [2.45, 2.75) is 148 Å². The van der Waals surface area contributed by atoms with Gasteiger partial charge in [-0.1, -0.05) is 111 Å². The van der Waals surface area contributed by atoms with E-state index in [1.165, 1.54) is 44.9 Å². The number of ether oxygens (including phenoxy) is 2. The first-order valence-corrected chi connectivity index (χ1v) is 16.1. The molecular weight excluding hydrogens is 558 g/mol. The Bertz CT molecular complexity index is 704. The van der Waals surface area contributed by atoms with Gasteiger partial charge in [0, 0.05) is 6.42 Å². The second-order valence-electron chi connectivity index (χ2n) is 9.69. The van der Waals surface area contributed by atoms with Crippen molar-refractivity contribution in [2.24, 2.45) is 0 Å². The maximum atomic E-state index is 11.8. The summed E-state index contributed by atoms with van der Waals surface area (Å²) in [7, 11) is -4.72. The molecule has 0 aliphatic carbocycles. The van der Waals surface area contributed by atoms with Crippen molar-refractivity contribution in [3.63, 3.8) is 0 Å². The van der Waals surface area contributed by atoms with E-state index in [0.717, 1.165) is 51.4 Å². The number of rotatable bonds is 24. The fourth-order valence-electron chi connectivity index (χ4n) is 3.62. The molecule has 0 saturated carbocycles. The molecule has 2 N–H and O–H groups in total. The van der Waals surface area contributed by atoms with Gasteiger partial charge in [-0.15, -0.1) is 0 Å². The Labute approximate surface area is 288 Å². The fourth-order valence-corrected chi connectivity index (χ4v) is 4.27. The number of hydrogen-bond donors (Lipinski definition) is 2. The Morgan fingerprint density at radius 2 is 1.00 bits per heavy atom. The molecule has 0 heterocycles. The molecule has 0 radical (unpaired) electrons. The first-order chi connectivity index (χ1) is 18.1. The average molecular weight is 615 g/mol. The van der Waals surface area contributed by atoms with Crippen LogP contribution in [0.2, 0.25) is 0 Å². The van der Waals surface area contributed by atoms with Crippen molar-refractivity contribution >= 4 is 87.1 Å². The molecule has 0 saturated heterocycles. The second kappa shape index (κ2) is 33.8. The SMILES string of the molecule is CCCCCCCCCCCC(=O)O.CCCCCCOC(=O)CC(C(=O)OCCCCCC)S(=O)(=O)O.[NaH].[NaH]. The van der Waals surface area contributed by atoms with Crippen LogP contribution in [0.25, 0.3) is 0 Å². The van der Waals surface area contributed by atoms with Gasteiger partial charge in [0.25, 0.3) is 10.1 Å². The molecule has 0 aromatic carbocycles. The van der Waals surface area contributed by atoms with E-state index in [-0.39, 0.29) is 72.3 Å². The zero-order valence-corrected chi connectivity index (χ0v) is 24.9. The minimum atomic E-state index is -4.72. The third-order valence-electron chi connectivity index (χ3n) is 5.97. The molecule has 0 aliphatic heterocycles. The summed E-state index contributed by atoms with van der Waals surface area (Å²) in [6.07, 6.45) is 17.9. The number of aliphatic carboxylic acids is 1. The number of carbonyl (C=O) groups is 3. The van der Waals surface area contributed by atoms with Crippen LogP contribution in [0, 0.1) is 0 Å². The molecule has 230 valence electrons. The summed E-state index contributed by atoms with van der Waals surface area (Å²) in [4.78, 5) is 33.7. The molecule has 0 aromatic rings. The van der Waals surface area contributed by atoms with E-state index in [0.29, 0.717) is 19.3 Å². The molecule has 0 rings (SSSR count). The Morgan fingerprint density at radius 1 is 0.625 bits per heavy atom. The van der Waals surface area contributed by atoms with E-state index in [4.69, 9.17) is 19.1 Å². The Hall–Kier alpha value is 0.320. The van der Waals surface area contributed by atoms with Crippen molar-refractivity contribution in [3.05, 3.63) is 0 Å². The zero-order valence-electron chi connectivity index (χ0n) is 24.1. The zero-order chi connectivity index (χ0) is 29.1. The number of hydrogen-bond acceptors (Lipinski definition) is 7. The third kappa shape index (κ3) is 34.5. The van der Waals surface area contributed by atoms with Gasteiger partial charge in [-0.2, -0.15) is 8.42 Å². The van der Waals surface area contributed by atoms with Crippen LogP contribution in [-0.4, -0.2) is 114 Å². The van der Waals surface area contributed by atoms with Gasteiger partial charge in [-0.05, 0) is 19.3 Å². The fraction of sp³-hybridized carbons (Fsp3) is 0.893. The summed E-state index contributed by atoms with van der Waals surface area (Å²) in [5.74, 6) is -2.61. The van der Waals surface area contributed by atoms with Crippen molar-refractivity contribution in [2.75, 3.05) is 13.2 Å². The molecule has 40 heavy (non-hydrogen) atoms. The minimum absolute atomic E-state index is 0. The number of carbonyl (C=O) groups excluding carboxylic acids is 2. The maximum absolute atomic E-state index is 11.8. The topological polar surface area (TPSA) is 144 Å². The Balaban J connectivity index is -0.000000349. The van der Waals surface area contributed by atoms with Crippen LogP contribution in [0.4, 0.5) is 0 Å². The quantitative estimate of drug-likeness (QED) is 0.0616. The Kier molecular flexibility index (Phi) is 40.0. The van der Waals surface area contributed by atoms with Crippen LogP contribution in [0.1, 0.15) is 143 Å². The Morgan fingerprint density at radius 3 is 1.40 bits per heavy atom. The summed E-state index contributed by atoms with van der Waals surface area (Å²) in [6, 6.07) is 0. The van der Waals surface area contributed by atoms with Crippen molar-refractivity contribution < 1.29 is 41.9 Å². The molecular formula is C28H56Na2O9S. The molecule has 0 aliphatic rings. The summed E-state index contributed by atoms with van der Waals surface area (Å²) in [5.41, 5.74) is 0. The van der Waals surface area contributed by atoms with Crippen molar-refractivity contribution in [3.8, 4) is 0 Å². The van der Waals surface area contributed by atoms with E-state index in [2.05, 4.69) is 13.8 Å². The van der Waals surface area contributed by atoms with Gasteiger partial charge in [0.05, 0.1) is 19.6 Å². The van der Waals surface area contributed by atoms with Crippen molar-refractivity contribution in [1.82, 2.24) is 0 Å². The van der Waals surface area contributed by atoms with Gasteiger partial charge in [0.15, 0.2) is 5.25 Å². The first kappa shape index (κ1) is 47.3. The van der Waals surface area contributed by atoms with Crippen LogP contribution in [0.5, 0.6) is 0 Å². The predicted octanol–water partition coefficient (Wildman–Crippen LogP) is 5.57. The summed E-state index contributed by atoms with van der Waals surface area (Å²) < 4.78 is 41.5. The van der Waals surface area contributed by atoms with E-state index in [1.807, 2.05) is 6.92 Å². The molecule has 0 amide bonds. The normalized spacial score (nSPS) is 11.2. The van der Waals surface area contributed by atoms with Gasteiger partial charge < -0.3 is 14.6 Å². The molecule has 1 atom stereocenters. The third-order valence-corrected chi connectivity index (χ3v) is 7.05. The summed E-state index contributed by atoms with van der Waals surface area (Å²) in [5, 5.41) is 6.49. The van der Waals surface area contributed by atoms with Gasteiger partial charge in [0.1, 0.15) is 0 Å². The molecule has 9 nitrogen and oxygen atoms in total. The van der Waals surface area contributed by atoms with Gasteiger partial charge >= 0.3 is 77.0 Å². The van der Waals surface area contributed by atoms with E-state index >= 15 is 0 Å². The second-order valence-corrected chi connectivity index (χ2v) is 11.3. The number of carboxylic acid groups (broad SMARTS) is 1. The van der Waals surface area contributed by atoms with Crippen molar-refractivity contribution in [1.29, 1.82) is 0 Å². The van der Waals surface area contributed by atoms with E-state index < -0.39 is 39.7 Å². The standard InChI is InChI=1S/C16H30O7S.C12H24O2.2Na.2H/c1-3-5-7-9-11-22-15(17)13-14(24(19,20)21)16(18)23-12-10-8-6-4-2;1-2-3-4-5-6-7-8-9-10-11-12(13)14;;;;/h14H,3-13H2,1-2H3,(H,19,20,21);2-11H2,1H3,(H,13,14);;;;. The number of unbranched alkanes of at least 4 members (excludes halogenated alkanes) is 14. The summed E-state index contributed by atoms with van der Waals surface area (Å²) >= 11 is 0. The molecule has 0 aromatic heterocycles. The van der Waals surface area contributed by atoms with Crippen LogP contribution in [0.3, 0.4) is 0 Å². The van der Waals surface area contributed by atoms with Crippen LogP contribution < -0.4 is 0 Å². The monoisotopic (exact) mass is 614 g/mol. The molecule has 0 bridgehead atoms. The summed E-state index contributed by atoms with van der Waals surface area (Å²) in [6.45, 7) is 6.55. The molecule has 1 unspecified atom stereocenters. The van der Waals surface area contributed by atoms with E-state index in [9.17, 15) is 22.8 Å². The average Bonchev–Trinajstić information content (AvgIpc) is 2.85. The van der Waals surface area contributed by atoms with Crippen LogP contribution >= 0.6 is 0 Å². The van der Waals surface area contributed by atoms with Crippen LogP contribution in [-0.2, 0) is 34.0 Å².